The number of anilines is 4. The molecule has 0 spiro atoms. The molecule has 0 unspecified atom stereocenters. The van der Waals surface area contributed by atoms with Crippen LogP contribution >= 0.6 is 0 Å². The van der Waals surface area contributed by atoms with Crippen LogP contribution in [0.25, 0.3) is 34.0 Å². The van der Waals surface area contributed by atoms with E-state index >= 15 is 0 Å². The number of carbonyl (C=O) groups is 4. The molecule has 0 bridgehead atoms. The Labute approximate surface area is 349 Å². The molecule has 0 radical (unpaired) electrons. The summed E-state index contributed by atoms with van der Waals surface area (Å²) >= 11 is 0. The molecule has 8 rings (SSSR count). The monoisotopic (exact) mass is 800 g/mol. The lowest BCUT2D eigenvalue weighted by atomic mass is 10.1. The van der Waals surface area contributed by atoms with Crippen LogP contribution in [0.3, 0.4) is 0 Å². The van der Waals surface area contributed by atoms with E-state index in [0.717, 1.165) is 57.1 Å². The van der Waals surface area contributed by atoms with Gasteiger partial charge in [0.05, 0.1) is 11.0 Å². The van der Waals surface area contributed by atoms with Crippen LogP contribution in [0, 0.1) is 0 Å². The van der Waals surface area contributed by atoms with Crippen molar-refractivity contribution in [1.82, 2.24) is 19.8 Å². The van der Waals surface area contributed by atoms with Gasteiger partial charge in [0.25, 0.3) is 11.8 Å². The average molecular weight is 801 g/mol. The summed E-state index contributed by atoms with van der Waals surface area (Å²) in [7, 11) is 7.75. The van der Waals surface area contributed by atoms with Gasteiger partial charge >= 0.3 is 0 Å². The molecular formula is C48H48N8O4. The topological polar surface area (TPSA) is 131 Å². The number of rotatable bonds is 10. The first-order valence-corrected chi connectivity index (χ1v) is 20.3. The Morgan fingerprint density at radius 2 is 0.950 bits per heavy atom. The van der Waals surface area contributed by atoms with Gasteiger partial charge in [-0.2, -0.15) is 0 Å². The van der Waals surface area contributed by atoms with Gasteiger partial charge in [-0.1, -0.05) is 72.8 Å². The molecule has 304 valence electrons. The van der Waals surface area contributed by atoms with E-state index in [9.17, 15) is 19.2 Å². The minimum absolute atomic E-state index is 0.224. The Morgan fingerprint density at radius 3 is 1.33 bits per heavy atom. The Hall–Kier alpha value is -7.08. The van der Waals surface area contributed by atoms with Crippen LogP contribution in [0.15, 0.2) is 109 Å². The summed E-state index contributed by atoms with van der Waals surface area (Å²) in [6.45, 7) is 0.978. The highest BCUT2D eigenvalue weighted by molar-refractivity contribution is 6.05. The van der Waals surface area contributed by atoms with E-state index in [4.69, 9.17) is 0 Å². The first-order valence-electron chi connectivity index (χ1n) is 20.3. The quantitative estimate of drug-likeness (QED) is 0.136. The zero-order valence-electron chi connectivity index (χ0n) is 34.3. The molecule has 12 nitrogen and oxygen atoms in total. The van der Waals surface area contributed by atoms with Gasteiger partial charge in [-0.05, 0) is 85.3 Å². The summed E-state index contributed by atoms with van der Waals surface area (Å²) < 4.78 is 0. The molecule has 6 aromatic rings. The number of nitrogens with zero attached hydrogens (tertiary/aromatic N) is 6. The highest BCUT2D eigenvalue weighted by atomic mass is 16.2. The number of benzene rings is 4. The second-order valence-corrected chi connectivity index (χ2v) is 15.7. The predicted molar refractivity (Wildman–Crippen MR) is 239 cm³/mol. The van der Waals surface area contributed by atoms with Crippen molar-refractivity contribution in [1.29, 1.82) is 0 Å². The second kappa shape index (κ2) is 17.0. The van der Waals surface area contributed by atoms with Crippen molar-refractivity contribution in [2.45, 2.75) is 37.8 Å². The van der Waals surface area contributed by atoms with Crippen LogP contribution in [0.5, 0.6) is 0 Å². The number of pyridine rings is 2. The van der Waals surface area contributed by atoms with E-state index in [-0.39, 0.29) is 23.6 Å². The van der Waals surface area contributed by atoms with Gasteiger partial charge in [-0.15, -0.1) is 0 Å². The fraction of sp³-hybridized carbons (Fsp3) is 0.250. The fourth-order valence-electron chi connectivity index (χ4n) is 8.13. The lowest BCUT2D eigenvalue weighted by Gasteiger charge is -2.24. The smallest absolute Gasteiger partial charge is 0.273 e. The third-order valence-corrected chi connectivity index (χ3v) is 11.2. The van der Waals surface area contributed by atoms with Crippen molar-refractivity contribution in [3.8, 4) is 0 Å². The van der Waals surface area contributed by atoms with Crippen LogP contribution in [-0.4, -0.2) is 96.8 Å². The number of nitrogens with one attached hydrogen (secondary N) is 2. The molecule has 12 heteroatoms. The maximum absolute atomic E-state index is 13.7. The van der Waals surface area contributed by atoms with Gasteiger partial charge in [0.2, 0.25) is 11.8 Å². The number of hydrogen-bond acceptors (Lipinski definition) is 8. The first-order chi connectivity index (χ1) is 29.0. The highest BCUT2D eigenvalue weighted by Gasteiger charge is 2.37. The van der Waals surface area contributed by atoms with E-state index in [0.29, 0.717) is 48.7 Å². The summed E-state index contributed by atoms with van der Waals surface area (Å²) in [6, 6.07) is 33.0. The average Bonchev–Trinajstić information content (AvgIpc) is 3.97. The molecule has 0 saturated carbocycles. The number of amides is 4. The van der Waals surface area contributed by atoms with E-state index < -0.39 is 12.1 Å². The maximum atomic E-state index is 13.7. The lowest BCUT2D eigenvalue weighted by molar-refractivity contribution is -0.120. The number of likely N-dealkylation sites (tertiary alicyclic amines) is 2. The van der Waals surface area contributed by atoms with Crippen molar-refractivity contribution >= 4 is 80.3 Å². The molecule has 2 aliphatic heterocycles. The zero-order chi connectivity index (χ0) is 41.9. The third-order valence-electron chi connectivity index (χ3n) is 11.2. The van der Waals surface area contributed by atoms with E-state index in [1.807, 2.05) is 147 Å². The fourth-order valence-corrected chi connectivity index (χ4v) is 8.13. The second-order valence-electron chi connectivity index (χ2n) is 15.7. The Morgan fingerprint density at radius 1 is 0.567 bits per heavy atom. The summed E-state index contributed by atoms with van der Waals surface area (Å²) in [5.41, 5.74) is 7.08. The van der Waals surface area contributed by atoms with Crippen molar-refractivity contribution in [2.24, 2.45) is 0 Å². The third kappa shape index (κ3) is 8.26. The van der Waals surface area contributed by atoms with Gasteiger partial charge in [-0.25, -0.2) is 9.97 Å². The summed E-state index contributed by atoms with van der Waals surface area (Å²) in [5.74, 6) is -0.951. The molecule has 4 amide bonds. The van der Waals surface area contributed by atoms with Crippen LogP contribution in [-0.2, 0) is 9.59 Å². The SMILES string of the molecule is CN(C)c1cc(C(=O)N2CCC[C@H]2C(=O)Nc2ccc(C=Cc3ccc(NC(=O)[C@@H]4CCCN4C(=O)c4cc(N(C)C)c5ccccc5n4)cc3)cc2)nc2ccccc12. The Balaban J connectivity index is 0.862. The van der Waals surface area contributed by atoms with Gasteiger partial charge < -0.3 is 30.2 Å². The number of aromatic nitrogens is 2. The zero-order valence-corrected chi connectivity index (χ0v) is 34.3. The van der Waals surface area contributed by atoms with Crippen LogP contribution < -0.4 is 20.4 Å². The van der Waals surface area contributed by atoms with Crippen molar-refractivity contribution in [3.63, 3.8) is 0 Å². The van der Waals surface area contributed by atoms with Crippen molar-refractivity contribution in [3.05, 3.63) is 132 Å². The minimum atomic E-state index is -0.593. The molecular weight excluding hydrogens is 753 g/mol. The number of para-hydroxylation sites is 2. The highest BCUT2D eigenvalue weighted by Crippen LogP contribution is 2.30. The predicted octanol–water partition coefficient (Wildman–Crippen LogP) is 7.57. The summed E-state index contributed by atoms with van der Waals surface area (Å²) in [5, 5.41) is 7.94. The largest absolute Gasteiger partial charge is 0.377 e. The molecule has 0 aliphatic carbocycles. The molecule has 2 atom stereocenters. The Bertz CT molecular complexity index is 2440. The lowest BCUT2D eigenvalue weighted by Crippen LogP contribution is -2.43. The van der Waals surface area contributed by atoms with Crippen LogP contribution in [0.2, 0.25) is 0 Å². The van der Waals surface area contributed by atoms with Crippen molar-refractivity contribution < 1.29 is 19.2 Å². The molecule has 4 heterocycles. The van der Waals surface area contributed by atoms with E-state index in [1.54, 1.807) is 21.9 Å². The van der Waals surface area contributed by atoms with Gasteiger partial charge in [0.15, 0.2) is 0 Å². The minimum Gasteiger partial charge on any atom is -0.377 e. The van der Waals surface area contributed by atoms with Gasteiger partial charge in [-0.3, -0.25) is 19.2 Å². The molecule has 2 saturated heterocycles. The van der Waals surface area contributed by atoms with Crippen LogP contribution in [0.1, 0.15) is 57.8 Å². The van der Waals surface area contributed by atoms with Crippen LogP contribution in [0.4, 0.5) is 22.7 Å². The molecule has 2 aliphatic rings. The number of carbonyl (C=O) groups excluding carboxylic acids is 4. The molecule has 4 aromatic carbocycles. The van der Waals surface area contributed by atoms with Gasteiger partial charge in [0.1, 0.15) is 23.5 Å². The van der Waals surface area contributed by atoms with Gasteiger partial charge in [0, 0.05) is 74.8 Å². The summed E-state index contributed by atoms with van der Waals surface area (Å²) in [6.07, 6.45) is 6.57. The number of hydrogen-bond donors (Lipinski definition) is 2. The van der Waals surface area contributed by atoms with E-state index in [1.165, 1.54) is 0 Å². The summed E-state index contributed by atoms with van der Waals surface area (Å²) in [4.78, 5) is 71.0. The first kappa shape index (κ1) is 39.7. The van der Waals surface area contributed by atoms with Crippen molar-refractivity contribution in [2.75, 3.05) is 61.7 Å². The Kier molecular flexibility index (Phi) is 11.3. The number of fused-ring (bicyclic) bond motifs is 2. The molecule has 60 heavy (non-hydrogen) atoms. The maximum Gasteiger partial charge on any atom is 0.273 e. The molecule has 2 aromatic heterocycles. The molecule has 2 fully saturated rings. The molecule has 2 N–H and O–H groups in total. The normalized spacial score (nSPS) is 16.4. The standard InChI is InChI=1S/C48H48N8O4/c1-53(2)43-29-39(51-37-13-7-5-11-35(37)43)47(59)55-27-9-15-41(55)45(57)49-33-23-19-31(20-24-33)17-18-32-21-25-34(26-22-32)50-46(58)42-16-10-28-56(42)48(60)40-30-44(54(3)4)36-12-6-8-14-38(36)52-40/h5-8,11-14,17-26,29-30,41-42H,9-10,15-16,27-28H2,1-4H3,(H,49,57)(H,50,58)/t41-,42-/m0/s1. The van der Waals surface area contributed by atoms with E-state index in [2.05, 4.69) is 20.6 Å².